The van der Waals surface area contributed by atoms with Gasteiger partial charge >= 0.3 is 6.09 Å². The van der Waals surface area contributed by atoms with E-state index in [-0.39, 0.29) is 23.1 Å². The van der Waals surface area contributed by atoms with Crippen molar-refractivity contribution in [2.24, 2.45) is 5.73 Å². The molecule has 2 aromatic heterocycles. The number of hydrazine groups is 1. The number of hydrogen-bond acceptors (Lipinski definition) is 9. The van der Waals surface area contributed by atoms with Crippen molar-refractivity contribution in [2.45, 2.75) is 31.7 Å². The zero-order valence-electron chi connectivity index (χ0n) is 17.4. The molecular formula is C20H21N9O4. The average Bonchev–Trinajstić information content (AvgIpc) is 3.33. The number of benzene rings is 1. The van der Waals surface area contributed by atoms with Crippen molar-refractivity contribution in [3.05, 3.63) is 48.4 Å². The van der Waals surface area contributed by atoms with Gasteiger partial charge in [0.1, 0.15) is 17.4 Å². The zero-order valence-corrected chi connectivity index (χ0v) is 17.4. The molecule has 2 heterocycles. The number of amides is 2. The lowest BCUT2D eigenvalue weighted by atomic mass is 9.94. The van der Waals surface area contributed by atoms with E-state index in [0.717, 1.165) is 17.9 Å². The first kappa shape index (κ1) is 21.7. The van der Waals surface area contributed by atoms with E-state index in [1.165, 1.54) is 11.0 Å². The van der Waals surface area contributed by atoms with E-state index < -0.39 is 18.0 Å². The highest BCUT2D eigenvalue weighted by molar-refractivity contribution is 5.98. The Hall–Kier alpha value is -4.55. The number of aromatic nitrogens is 5. The second-order valence-electron chi connectivity index (χ2n) is 7.31. The van der Waals surface area contributed by atoms with E-state index in [0.29, 0.717) is 24.2 Å². The summed E-state index contributed by atoms with van der Waals surface area (Å²) in [5, 5.41) is 21.6. The summed E-state index contributed by atoms with van der Waals surface area (Å²) in [6, 6.07) is 6.16. The summed E-state index contributed by atoms with van der Waals surface area (Å²) < 4.78 is 0. The Balaban J connectivity index is 1.62. The number of nitrogens with two attached hydrogens (primary N) is 1. The fourth-order valence-electron chi connectivity index (χ4n) is 3.51. The average molecular weight is 451 g/mol. The van der Waals surface area contributed by atoms with Crippen LogP contribution in [0.3, 0.4) is 0 Å². The van der Waals surface area contributed by atoms with Gasteiger partial charge in [-0.15, -0.1) is 0 Å². The van der Waals surface area contributed by atoms with Crippen LogP contribution in [-0.2, 0) is 4.79 Å². The van der Waals surface area contributed by atoms with Crippen LogP contribution in [0.2, 0.25) is 0 Å². The Bertz CT molecular complexity index is 1180. The standard InChI is InChI=1S/C20H21N9O4/c21-17(31)14-11-22-19(27-28(20(32)33)15-6-1-2-7-16(15)30)26-18(14)25-12-4-3-5-13(10-12)29-23-8-9-24-29/h3-5,8-11,15H,1-2,6-7H2,(H2,21,31)(H,32,33)(H2,22,25,26,27). The molecule has 4 rings (SSSR count). The Labute approximate surface area is 187 Å². The molecule has 1 atom stereocenters. The van der Waals surface area contributed by atoms with Crippen LogP contribution in [0, 0.1) is 0 Å². The summed E-state index contributed by atoms with van der Waals surface area (Å²) in [5.41, 5.74) is 9.24. The number of carbonyl (C=O) groups excluding carboxylic acids is 2. The Kier molecular flexibility index (Phi) is 6.11. The van der Waals surface area contributed by atoms with Crippen molar-refractivity contribution in [1.29, 1.82) is 0 Å². The molecule has 1 saturated carbocycles. The highest BCUT2D eigenvalue weighted by Crippen LogP contribution is 2.23. The molecule has 170 valence electrons. The lowest BCUT2D eigenvalue weighted by molar-refractivity contribution is -0.125. The first-order valence-corrected chi connectivity index (χ1v) is 10.1. The smallest absolute Gasteiger partial charge is 0.426 e. The number of primary amides is 1. The first-order valence-electron chi connectivity index (χ1n) is 10.1. The largest absolute Gasteiger partial charge is 0.464 e. The van der Waals surface area contributed by atoms with Gasteiger partial charge in [-0.1, -0.05) is 12.5 Å². The molecular weight excluding hydrogens is 430 g/mol. The number of Topliss-reactive ketones (excluding diaryl/α,β-unsaturated/α-hetero) is 1. The number of carboxylic acid groups (broad SMARTS) is 1. The van der Waals surface area contributed by atoms with Crippen molar-refractivity contribution in [1.82, 2.24) is 30.0 Å². The molecule has 0 aliphatic heterocycles. The Morgan fingerprint density at radius 3 is 2.70 bits per heavy atom. The predicted molar refractivity (Wildman–Crippen MR) is 116 cm³/mol. The molecule has 0 saturated heterocycles. The summed E-state index contributed by atoms with van der Waals surface area (Å²) in [4.78, 5) is 45.6. The van der Waals surface area contributed by atoms with Crippen molar-refractivity contribution < 1.29 is 19.5 Å². The molecule has 33 heavy (non-hydrogen) atoms. The van der Waals surface area contributed by atoms with Gasteiger partial charge < -0.3 is 16.2 Å². The Morgan fingerprint density at radius 1 is 1.21 bits per heavy atom. The van der Waals surface area contributed by atoms with Gasteiger partial charge in [0.05, 0.1) is 18.1 Å². The number of hydrogen-bond donors (Lipinski definition) is 4. The van der Waals surface area contributed by atoms with Crippen LogP contribution in [0.5, 0.6) is 0 Å². The fourth-order valence-corrected chi connectivity index (χ4v) is 3.51. The summed E-state index contributed by atoms with van der Waals surface area (Å²) in [6.07, 6.45) is 5.10. The van der Waals surface area contributed by atoms with Crippen LogP contribution in [-0.4, -0.2) is 58.9 Å². The predicted octanol–water partition coefficient (Wildman–Crippen LogP) is 1.72. The van der Waals surface area contributed by atoms with Gasteiger partial charge in [-0.3, -0.25) is 15.0 Å². The fraction of sp³-hybridized carbons (Fsp3) is 0.250. The van der Waals surface area contributed by atoms with Crippen molar-refractivity contribution in [3.63, 3.8) is 0 Å². The van der Waals surface area contributed by atoms with Crippen LogP contribution in [0.1, 0.15) is 36.0 Å². The summed E-state index contributed by atoms with van der Waals surface area (Å²) in [6.45, 7) is 0. The van der Waals surface area contributed by atoms with Gasteiger partial charge in [-0.25, -0.2) is 14.8 Å². The summed E-state index contributed by atoms with van der Waals surface area (Å²) in [7, 11) is 0. The van der Waals surface area contributed by atoms with Gasteiger partial charge in [-0.2, -0.15) is 20.0 Å². The van der Waals surface area contributed by atoms with Crippen LogP contribution >= 0.6 is 0 Å². The number of rotatable bonds is 7. The van der Waals surface area contributed by atoms with Gasteiger partial charge in [-0.05, 0) is 31.0 Å². The highest BCUT2D eigenvalue weighted by Gasteiger charge is 2.32. The van der Waals surface area contributed by atoms with Crippen LogP contribution < -0.4 is 16.5 Å². The highest BCUT2D eigenvalue weighted by atomic mass is 16.4. The number of carbonyl (C=O) groups is 3. The molecule has 1 aliphatic carbocycles. The quantitative estimate of drug-likeness (QED) is 0.386. The minimum atomic E-state index is -1.34. The Morgan fingerprint density at radius 2 is 2.00 bits per heavy atom. The van der Waals surface area contributed by atoms with Crippen molar-refractivity contribution >= 4 is 35.2 Å². The maximum absolute atomic E-state index is 12.2. The van der Waals surface area contributed by atoms with Gasteiger partial charge in [0.15, 0.2) is 5.78 Å². The molecule has 13 nitrogen and oxygen atoms in total. The molecule has 0 radical (unpaired) electrons. The SMILES string of the molecule is NC(=O)c1cnc(NN(C(=O)O)C2CCCCC2=O)nc1Nc1cccc(-n2nccn2)c1. The molecule has 0 spiro atoms. The molecule has 2 amide bonds. The molecule has 1 aromatic carbocycles. The third-order valence-electron chi connectivity index (χ3n) is 5.07. The third kappa shape index (κ3) is 4.87. The molecule has 1 unspecified atom stereocenters. The molecule has 1 aliphatic rings. The number of nitrogens with zero attached hydrogens (tertiary/aromatic N) is 6. The molecule has 3 aromatic rings. The summed E-state index contributed by atoms with van der Waals surface area (Å²) in [5.74, 6) is -1.00. The van der Waals surface area contributed by atoms with Gasteiger partial charge in [0, 0.05) is 18.3 Å². The van der Waals surface area contributed by atoms with Gasteiger partial charge in [0.2, 0.25) is 5.95 Å². The minimum Gasteiger partial charge on any atom is -0.464 e. The van der Waals surface area contributed by atoms with E-state index in [4.69, 9.17) is 5.73 Å². The van der Waals surface area contributed by atoms with Crippen LogP contribution in [0.25, 0.3) is 5.69 Å². The third-order valence-corrected chi connectivity index (χ3v) is 5.07. The number of nitrogens with one attached hydrogen (secondary N) is 2. The van der Waals surface area contributed by atoms with Gasteiger partial charge in [0.25, 0.3) is 5.91 Å². The van der Waals surface area contributed by atoms with E-state index in [1.807, 2.05) is 0 Å². The van der Waals surface area contributed by atoms with E-state index in [1.54, 1.807) is 36.7 Å². The second kappa shape index (κ2) is 9.30. The van der Waals surface area contributed by atoms with Crippen molar-refractivity contribution in [3.8, 4) is 5.69 Å². The maximum Gasteiger partial charge on any atom is 0.426 e. The number of ketones is 1. The van der Waals surface area contributed by atoms with Crippen molar-refractivity contribution in [2.75, 3.05) is 10.7 Å². The lowest BCUT2D eigenvalue weighted by Gasteiger charge is -2.30. The normalized spacial score (nSPS) is 15.6. The molecule has 1 fully saturated rings. The zero-order chi connectivity index (χ0) is 23.4. The summed E-state index contributed by atoms with van der Waals surface area (Å²) >= 11 is 0. The lowest BCUT2D eigenvalue weighted by Crippen LogP contribution is -2.49. The topological polar surface area (TPSA) is 181 Å². The number of anilines is 3. The van der Waals surface area contributed by atoms with Crippen LogP contribution in [0.4, 0.5) is 22.2 Å². The minimum absolute atomic E-state index is 0.00112. The first-order chi connectivity index (χ1) is 15.9. The molecule has 13 heteroatoms. The van der Waals surface area contributed by atoms with E-state index in [9.17, 15) is 19.5 Å². The van der Waals surface area contributed by atoms with E-state index >= 15 is 0 Å². The van der Waals surface area contributed by atoms with E-state index in [2.05, 4.69) is 30.9 Å². The maximum atomic E-state index is 12.2. The second-order valence-corrected chi connectivity index (χ2v) is 7.31. The molecule has 0 bridgehead atoms. The monoisotopic (exact) mass is 451 g/mol. The van der Waals surface area contributed by atoms with Crippen LogP contribution in [0.15, 0.2) is 42.9 Å². The molecule has 5 N–H and O–H groups in total.